The van der Waals surface area contributed by atoms with Gasteiger partial charge in [0.1, 0.15) is 0 Å². The second-order valence-electron chi connectivity index (χ2n) is 5.78. The first-order chi connectivity index (χ1) is 11.9. The van der Waals surface area contributed by atoms with Crippen LogP contribution in [0.25, 0.3) is 33.7 Å². The first-order valence-electron chi connectivity index (χ1n) is 8.00. The zero-order valence-corrected chi connectivity index (χ0v) is 13.1. The Morgan fingerprint density at radius 2 is 0.958 bits per heavy atom. The Hall–Kier alpha value is -3.19. The lowest BCUT2D eigenvalue weighted by Crippen LogP contribution is -1.91. The molecule has 0 bridgehead atoms. The third-order valence-electron chi connectivity index (χ3n) is 4.37. The van der Waals surface area contributed by atoms with E-state index in [-0.39, 0.29) is 0 Å². The minimum absolute atomic E-state index is 0.762. The molecule has 0 aliphatic heterocycles. The van der Waals surface area contributed by atoms with Crippen LogP contribution in [-0.2, 0) is 0 Å². The summed E-state index contributed by atoms with van der Waals surface area (Å²) in [5, 5.41) is 4.20. The van der Waals surface area contributed by atoms with Crippen molar-refractivity contribution in [1.29, 1.82) is 0 Å². The third-order valence-corrected chi connectivity index (χ3v) is 4.37. The van der Waals surface area contributed by atoms with Crippen molar-refractivity contribution in [3.63, 3.8) is 0 Å². The van der Waals surface area contributed by atoms with Crippen LogP contribution in [0, 0.1) is 0 Å². The van der Waals surface area contributed by atoms with Gasteiger partial charge in [-0.2, -0.15) is 0 Å². The summed E-state index contributed by atoms with van der Waals surface area (Å²) in [6, 6.07) is 26.5. The van der Waals surface area contributed by atoms with E-state index in [2.05, 4.69) is 36.4 Å². The van der Waals surface area contributed by atoms with Gasteiger partial charge in [0, 0.05) is 5.56 Å². The minimum Gasteiger partial charge on any atom is -0.298 e. The smallest absolute Gasteiger partial charge is 0.151 e. The van der Waals surface area contributed by atoms with Gasteiger partial charge in [0.05, 0.1) is 0 Å². The van der Waals surface area contributed by atoms with Gasteiger partial charge in [0.15, 0.2) is 6.29 Å². The van der Waals surface area contributed by atoms with Crippen molar-refractivity contribution in [3.05, 3.63) is 95.6 Å². The summed E-state index contributed by atoms with van der Waals surface area (Å²) in [5.41, 5.74) is 3.07. The summed E-state index contributed by atoms with van der Waals surface area (Å²) in [6.45, 7) is 0. The highest BCUT2D eigenvalue weighted by molar-refractivity contribution is 6.17. The van der Waals surface area contributed by atoms with E-state index in [9.17, 15) is 4.79 Å². The van der Waals surface area contributed by atoms with Gasteiger partial charge in [0.25, 0.3) is 0 Å². The SMILES string of the molecule is O=Cc1c2ccccc2c(C=Cc2ccccc2)c2ccccc12. The molecule has 0 atom stereocenters. The molecule has 0 fully saturated rings. The van der Waals surface area contributed by atoms with E-state index in [1.807, 2.05) is 54.6 Å². The predicted octanol–water partition coefficient (Wildman–Crippen LogP) is 5.98. The quantitative estimate of drug-likeness (QED) is 0.259. The monoisotopic (exact) mass is 308 g/mol. The Kier molecular flexibility index (Phi) is 3.68. The van der Waals surface area contributed by atoms with Gasteiger partial charge >= 0.3 is 0 Å². The van der Waals surface area contributed by atoms with Crippen LogP contribution in [0.1, 0.15) is 21.5 Å². The van der Waals surface area contributed by atoms with E-state index < -0.39 is 0 Å². The van der Waals surface area contributed by atoms with E-state index in [0.29, 0.717) is 0 Å². The van der Waals surface area contributed by atoms with Crippen LogP contribution in [0.2, 0.25) is 0 Å². The normalized spacial score (nSPS) is 11.3. The van der Waals surface area contributed by atoms with Gasteiger partial charge in [-0.1, -0.05) is 91.0 Å². The summed E-state index contributed by atoms with van der Waals surface area (Å²) in [7, 11) is 0. The Balaban J connectivity index is 2.06. The molecule has 0 saturated heterocycles. The topological polar surface area (TPSA) is 17.1 Å². The van der Waals surface area contributed by atoms with Gasteiger partial charge in [-0.05, 0) is 32.7 Å². The largest absolute Gasteiger partial charge is 0.298 e. The van der Waals surface area contributed by atoms with Gasteiger partial charge in [-0.15, -0.1) is 0 Å². The molecule has 0 spiro atoms. The fraction of sp³-hybridized carbons (Fsp3) is 0. The van der Waals surface area contributed by atoms with Crippen molar-refractivity contribution in [1.82, 2.24) is 0 Å². The van der Waals surface area contributed by atoms with Crippen molar-refractivity contribution in [2.75, 3.05) is 0 Å². The summed E-state index contributed by atoms with van der Waals surface area (Å²) < 4.78 is 0. The Bertz CT molecular complexity index is 1000. The number of rotatable bonds is 3. The second-order valence-corrected chi connectivity index (χ2v) is 5.78. The van der Waals surface area contributed by atoms with Crippen LogP contribution in [0.5, 0.6) is 0 Å². The highest BCUT2D eigenvalue weighted by Gasteiger charge is 2.11. The third kappa shape index (κ3) is 2.40. The van der Waals surface area contributed by atoms with Crippen molar-refractivity contribution < 1.29 is 4.79 Å². The number of carbonyl (C=O) groups excluding carboxylic acids is 1. The van der Waals surface area contributed by atoms with Gasteiger partial charge < -0.3 is 0 Å². The van der Waals surface area contributed by atoms with Crippen molar-refractivity contribution >= 4 is 40.0 Å². The fourth-order valence-corrected chi connectivity index (χ4v) is 3.25. The van der Waals surface area contributed by atoms with E-state index in [1.165, 1.54) is 0 Å². The van der Waals surface area contributed by atoms with Crippen molar-refractivity contribution in [3.8, 4) is 0 Å². The zero-order valence-electron chi connectivity index (χ0n) is 13.1. The summed E-state index contributed by atoms with van der Waals surface area (Å²) in [5.74, 6) is 0. The van der Waals surface area contributed by atoms with Crippen LogP contribution in [0.4, 0.5) is 0 Å². The highest BCUT2D eigenvalue weighted by Crippen LogP contribution is 2.33. The van der Waals surface area contributed by atoms with Crippen molar-refractivity contribution in [2.45, 2.75) is 0 Å². The molecule has 24 heavy (non-hydrogen) atoms. The lowest BCUT2D eigenvalue weighted by atomic mass is 9.92. The molecule has 0 radical (unpaired) electrons. The Morgan fingerprint density at radius 3 is 1.46 bits per heavy atom. The molecule has 0 saturated carbocycles. The molecule has 4 rings (SSSR count). The number of benzene rings is 4. The number of fused-ring (bicyclic) bond motifs is 2. The molecule has 1 nitrogen and oxygen atoms in total. The summed E-state index contributed by atoms with van der Waals surface area (Å²) in [6.07, 6.45) is 5.23. The first kappa shape index (κ1) is 14.4. The van der Waals surface area contributed by atoms with Crippen molar-refractivity contribution in [2.24, 2.45) is 0 Å². The lowest BCUT2D eigenvalue weighted by molar-refractivity contribution is 0.112. The molecule has 0 unspecified atom stereocenters. The molecule has 0 aliphatic carbocycles. The summed E-state index contributed by atoms with van der Waals surface area (Å²) >= 11 is 0. The molecular formula is C23H16O. The molecule has 0 N–H and O–H groups in total. The first-order valence-corrected chi connectivity index (χ1v) is 8.00. The second kappa shape index (κ2) is 6.13. The maximum atomic E-state index is 11.7. The van der Waals surface area contributed by atoms with Gasteiger partial charge in [-0.25, -0.2) is 0 Å². The molecular weight excluding hydrogens is 292 g/mol. The number of hydrogen-bond donors (Lipinski definition) is 0. The molecule has 114 valence electrons. The average Bonchev–Trinajstić information content (AvgIpc) is 2.66. The average molecular weight is 308 g/mol. The molecule has 0 aliphatic rings. The molecule has 0 heterocycles. The van der Waals surface area contributed by atoms with E-state index in [0.717, 1.165) is 44.5 Å². The molecule has 1 heteroatoms. The standard InChI is InChI=1S/C23H16O/c24-16-23-20-12-6-4-10-18(20)22(19-11-5-7-13-21(19)23)15-14-17-8-2-1-3-9-17/h1-16H. The highest BCUT2D eigenvalue weighted by atomic mass is 16.1. The van der Waals surface area contributed by atoms with Crippen LogP contribution in [0.3, 0.4) is 0 Å². The lowest BCUT2D eigenvalue weighted by Gasteiger charge is -2.11. The maximum absolute atomic E-state index is 11.7. The number of carbonyl (C=O) groups is 1. The predicted molar refractivity (Wildman–Crippen MR) is 102 cm³/mol. The zero-order chi connectivity index (χ0) is 16.4. The number of hydrogen-bond acceptors (Lipinski definition) is 1. The van der Waals surface area contributed by atoms with Crippen LogP contribution in [0.15, 0.2) is 78.9 Å². The van der Waals surface area contributed by atoms with Crippen LogP contribution < -0.4 is 0 Å². The van der Waals surface area contributed by atoms with Gasteiger partial charge in [-0.3, -0.25) is 4.79 Å². The molecule has 4 aromatic rings. The van der Waals surface area contributed by atoms with E-state index in [4.69, 9.17) is 0 Å². The molecule has 4 aromatic carbocycles. The fourth-order valence-electron chi connectivity index (χ4n) is 3.25. The molecule has 0 amide bonds. The number of aldehydes is 1. The van der Waals surface area contributed by atoms with Crippen LogP contribution >= 0.6 is 0 Å². The summed E-state index contributed by atoms with van der Waals surface area (Å²) in [4.78, 5) is 11.7. The minimum atomic E-state index is 0.762. The Morgan fingerprint density at radius 1 is 0.500 bits per heavy atom. The van der Waals surface area contributed by atoms with E-state index >= 15 is 0 Å². The molecule has 0 aromatic heterocycles. The maximum Gasteiger partial charge on any atom is 0.151 e. The van der Waals surface area contributed by atoms with E-state index in [1.54, 1.807) is 0 Å². The Labute approximate surface area is 140 Å². The van der Waals surface area contributed by atoms with Crippen LogP contribution in [-0.4, -0.2) is 6.29 Å². The van der Waals surface area contributed by atoms with Gasteiger partial charge in [0.2, 0.25) is 0 Å².